The number of carbonyl (C=O) groups excluding carboxylic acids is 2. The van der Waals surface area contributed by atoms with Crippen molar-refractivity contribution in [1.29, 1.82) is 0 Å². The summed E-state index contributed by atoms with van der Waals surface area (Å²) in [6, 6.07) is 10.8. The number of anilines is 1. The molecule has 138 valence electrons. The largest absolute Gasteiger partial charge is 0.493 e. The van der Waals surface area contributed by atoms with E-state index in [2.05, 4.69) is 5.32 Å². The molecule has 0 saturated heterocycles. The van der Waals surface area contributed by atoms with Crippen LogP contribution < -0.4 is 14.8 Å². The molecule has 2 aromatic carbocycles. The predicted octanol–water partition coefficient (Wildman–Crippen LogP) is 3.03. The van der Waals surface area contributed by atoms with Crippen LogP contribution in [0.1, 0.15) is 21.5 Å². The number of nitrogens with zero attached hydrogens (tertiary/aromatic N) is 1. The Morgan fingerprint density at radius 2 is 1.73 bits per heavy atom. The van der Waals surface area contributed by atoms with E-state index in [-0.39, 0.29) is 18.4 Å². The second-order valence-electron chi connectivity index (χ2n) is 6.00. The molecule has 0 heterocycles. The van der Waals surface area contributed by atoms with E-state index >= 15 is 0 Å². The minimum absolute atomic E-state index is 0.0768. The molecule has 6 heteroatoms. The molecule has 0 bridgehead atoms. The quantitative estimate of drug-likeness (QED) is 0.864. The number of carbonyl (C=O) groups is 2. The first-order valence-corrected chi connectivity index (χ1v) is 8.21. The Kier molecular flexibility index (Phi) is 6.22. The molecule has 0 unspecified atom stereocenters. The van der Waals surface area contributed by atoms with Crippen molar-refractivity contribution in [2.24, 2.45) is 0 Å². The third-order valence-corrected chi connectivity index (χ3v) is 4.24. The van der Waals surface area contributed by atoms with Crippen molar-refractivity contribution in [3.63, 3.8) is 0 Å². The number of aryl methyl sites for hydroxylation is 1. The summed E-state index contributed by atoms with van der Waals surface area (Å²) in [6.45, 7) is 3.85. The fraction of sp³-hybridized carbons (Fsp3) is 0.300. The van der Waals surface area contributed by atoms with Gasteiger partial charge >= 0.3 is 0 Å². The molecule has 0 spiro atoms. The van der Waals surface area contributed by atoms with Crippen LogP contribution in [0.4, 0.5) is 5.69 Å². The van der Waals surface area contributed by atoms with E-state index in [1.807, 2.05) is 32.0 Å². The number of methoxy groups -OCH3 is 2. The number of benzene rings is 2. The van der Waals surface area contributed by atoms with Crippen LogP contribution in [0.5, 0.6) is 11.5 Å². The normalized spacial score (nSPS) is 10.2. The van der Waals surface area contributed by atoms with Gasteiger partial charge in [-0.25, -0.2) is 0 Å². The molecule has 1 N–H and O–H groups in total. The minimum atomic E-state index is -0.322. The van der Waals surface area contributed by atoms with Crippen LogP contribution >= 0.6 is 0 Å². The van der Waals surface area contributed by atoms with Crippen molar-refractivity contribution in [3.8, 4) is 11.5 Å². The number of hydrogen-bond donors (Lipinski definition) is 1. The van der Waals surface area contributed by atoms with E-state index in [1.165, 1.54) is 19.1 Å². The summed E-state index contributed by atoms with van der Waals surface area (Å²) in [6.07, 6.45) is 0. The number of hydrogen-bond acceptors (Lipinski definition) is 4. The van der Waals surface area contributed by atoms with Gasteiger partial charge in [-0.1, -0.05) is 18.2 Å². The van der Waals surface area contributed by atoms with E-state index in [4.69, 9.17) is 9.47 Å². The van der Waals surface area contributed by atoms with Crippen molar-refractivity contribution in [3.05, 3.63) is 53.1 Å². The lowest BCUT2D eigenvalue weighted by Gasteiger charge is -2.19. The highest BCUT2D eigenvalue weighted by Crippen LogP contribution is 2.31. The lowest BCUT2D eigenvalue weighted by atomic mass is 10.1. The fourth-order valence-electron chi connectivity index (χ4n) is 2.62. The Morgan fingerprint density at radius 3 is 2.38 bits per heavy atom. The van der Waals surface area contributed by atoms with Gasteiger partial charge in [-0.05, 0) is 43.2 Å². The number of nitrogens with one attached hydrogen (secondary N) is 1. The van der Waals surface area contributed by atoms with E-state index in [1.54, 1.807) is 25.2 Å². The molecular formula is C20H24N2O4. The van der Waals surface area contributed by atoms with Crippen molar-refractivity contribution >= 4 is 17.5 Å². The molecule has 0 atom stereocenters. The molecule has 0 radical (unpaired) electrons. The highest BCUT2D eigenvalue weighted by Gasteiger charge is 2.21. The number of rotatable bonds is 6. The highest BCUT2D eigenvalue weighted by molar-refractivity contribution is 6.01. The summed E-state index contributed by atoms with van der Waals surface area (Å²) in [5.74, 6) is 0.224. The molecule has 2 rings (SSSR count). The maximum absolute atomic E-state index is 12.7. The van der Waals surface area contributed by atoms with Gasteiger partial charge in [0.15, 0.2) is 11.5 Å². The molecule has 6 nitrogen and oxygen atoms in total. The van der Waals surface area contributed by atoms with E-state index in [9.17, 15) is 9.59 Å². The average molecular weight is 356 g/mol. The van der Waals surface area contributed by atoms with Crippen LogP contribution in [0.2, 0.25) is 0 Å². The first-order chi connectivity index (χ1) is 12.4. The maximum atomic E-state index is 12.7. The fourth-order valence-corrected chi connectivity index (χ4v) is 2.62. The molecule has 0 aliphatic carbocycles. The van der Waals surface area contributed by atoms with Gasteiger partial charge in [-0.3, -0.25) is 9.59 Å². The molecule has 0 saturated carbocycles. The third kappa shape index (κ3) is 4.14. The lowest BCUT2D eigenvalue weighted by Crippen LogP contribution is -2.35. The van der Waals surface area contributed by atoms with E-state index in [0.29, 0.717) is 17.1 Å². The molecule has 2 amide bonds. The minimum Gasteiger partial charge on any atom is -0.493 e. The predicted molar refractivity (Wildman–Crippen MR) is 101 cm³/mol. The number of ether oxygens (including phenoxy) is 2. The van der Waals surface area contributed by atoms with Gasteiger partial charge in [-0.15, -0.1) is 0 Å². The van der Waals surface area contributed by atoms with Gasteiger partial charge in [-0.2, -0.15) is 0 Å². The standard InChI is InChI=1S/C20H24N2O4/c1-13-8-6-10-16(14(13)2)21-18(23)12-22(3)20(24)15-9-7-11-17(25-4)19(15)26-5/h6-11H,12H2,1-5H3,(H,21,23). The van der Waals surface area contributed by atoms with E-state index < -0.39 is 0 Å². The molecule has 2 aromatic rings. The SMILES string of the molecule is COc1cccc(C(=O)N(C)CC(=O)Nc2cccc(C)c2C)c1OC. The molecule has 0 aromatic heterocycles. The zero-order valence-electron chi connectivity index (χ0n) is 15.8. The van der Waals surface area contributed by atoms with Crippen molar-refractivity contribution in [1.82, 2.24) is 4.90 Å². The van der Waals surface area contributed by atoms with Crippen molar-refractivity contribution < 1.29 is 19.1 Å². The van der Waals surface area contributed by atoms with Crippen molar-refractivity contribution in [2.75, 3.05) is 33.1 Å². The number of para-hydroxylation sites is 1. The second-order valence-corrected chi connectivity index (χ2v) is 6.00. The van der Waals surface area contributed by atoms with Gasteiger partial charge in [0.2, 0.25) is 5.91 Å². The Bertz CT molecular complexity index is 817. The summed E-state index contributed by atoms with van der Waals surface area (Å²) in [5.41, 5.74) is 3.18. The Labute approximate surface area is 153 Å². The van der Waals surface area contributed by atoms with Crippen LogP contribution in [0.15, 0.2) is 36.4 Å². The summed E-state index contributed by atoms with van der Waals surface area (Å²) in [4.78, 5) is 26.4. The lowest BCUT2D eigenvalue weighted by molar-refractivity contribution is -0.116. The van der Waals surface area contributed by atoms with Gasteiger partial charge < -0.3 is 19.7 Å². The Hall–Kier alpha value is -3.02. The molecular weight excluding hydrogens is 332 g/mol. The summed E-state index contributed by atoms with van der Waals surface area (Å²) < 4.78 is 10.5. The first kappa shape index (κ1) is 19.3. The number of amides is 2. The van der Waals surface area contributed by atoms with Gasteiger partial charge in [0.25, 0.3) is 5.91 Å². The zero-order valence-corrected chi connectivity index (χ0v) is 15.8. The molecule has 26 heavy (non-hydrogen) atoms. The maximum Gasteiger partial charge on any atom is 0.257 e. The molecule has 0 aliphatic rings. The smallest absolute Gasteiger partial charge is 0.257 e. The van der Waals surface area contributed by atoms with Crippen LogP contribution in [0, 0.1) is 13.8 Å². The van der Waals surface area contributed by atoms with Crippen LogP contribution in [-0.4, -0.2) is 44.5 Å². The van der Waals surface area contributed by atoms with Crippen molar-refractivity contribution in [2.45, 2.75) is 13.8 Å². The van der Waals surface area contributed by atoms with Crippen LogP contribution in [0.3, 0.4) is 0 Å². The van der Waals surface area contributed by atoms with Crippen LogP contribution in [0.25, 0.3) is 0 Å². The van der Waals surface area contributed by atoms with Gasteiger partial charge in [0, 0.05) is 12.7 Å². The first-order valence-electron chi connectivity index (χ1n) is 8.21. The van der Waals surface area contributed by atoms with E-state index in [0.717, 1.165) is 16.8 Å². The summed E-state index contributed by atoms with van der Waals surface area (Å²) >= 11 is 0. The Balaban J connectivity index is 2.12. The molecule has 0 fully saturated rings. The van der Waals surface area contributed by atoms with Crippen LogP contribution in [-0.2, 0) is 4.79 Å². The molecule has 0 aliphatic heterocycles. The monoisotopic (exact) mass is 356 g/mol. The second kappa shape index (κ2) is 8.38. The summed E-state index contributed by atoms with van der Waals surface area (Å²) in [7, 11) is 4.55. The zero-order chi connectivity index (χ0) is 19.3. The van der Waals surface area contributed by atoms with Gasteiger partial charge in [0.05, 0.1) is 26.3 Å². The number of likely N-dealkylation sites (N-methyl/N-ethyl adjacent to an activating group) is 1. The summed E-state index contributed by atoms with van der Waals surface area (Å²) in [5, 5.41) is 2.85. The highest BCUT2D eigenvalue weighted by atomic mass is 16.5. The topological polar surface area (TPSA) is 67.9 Å². The Morgan fingerprint density at radius 1 is 1.04 bits per heavy atom. The average Bonchev–Trinajstić information content (AvgIpc) is 2.63. The third-order valence-electron chi connectivity index (χ3n) is 4.24. The van der Waals surface area contributed by atoms with Gasteiger partial charge in [0.1, 0.15) is 0 Å².